The maximum absolute atomic E-state index is 11.7. The summed E-state index contributed by atoms with van der Waals surface area (Å²) < 4.78 is 0. The quantitative estimate of drug-likeness (QED) is 0.144. The number of nitrogens with one attached hydrogen (secondary N) is 4. The molecule has 0 saturated carbocycles. The van der Waals surface area contributed by atoms with Crippen LogP contribution in [0.3, 0.4) is 0 Å². The topological polar surface area (TPSA) is 168 Å². The molecule has 10 nitrogen and oxygen atoms in total. The Kier molecular flexibility index (Phi) is 13.8. The van der Waals surface area contributed by atoms with Crippen molar-refractivity contribution in [1.82, 2.24) is 21.3 Å². The van der Waals surface area contributed by atoms with Crippen molar-refractivity contribution in [1.29, 1.82) is 0 Å². The lowest BCUT2D eigenvalue weighted by Crippen LogP contribution is -2.47. The predicted octanol–water partition coefficient (Wildman–Crippen LogP) is -2.47. The molecule has 0 unspecified atom stereocenters. The third-order valence-electron chi connectivity index (χ3n) is 2.96. The Bertz CT molecular complexity index is 438. The molecule has 0 aromatic rings. The summed E-state index contributed by atoms with van der Waals surface area (Å²) >= 11 is 0. The third kappa shape index (κ3) is 12.0. The Morgan fingerprint density at radius 3 is 1.42 bits per heavy atom. The zero-order valence-corrected chi connectivity index (χ0v) is 16.6. The highest BCUT2D eigenvalue weighted by atomic mass is 33.1. The van der Waals surface area contributed by atoms with E-state index in [1.54, 1.807) is 35.4 Å². The predicted molar refractivity (Wildman–Crippen MR) is 104 cm³/mol. The van der Waals surface area contributed by atoms with E-state index in [1.165, 1.54) is 0 Å². The monoisotopic (exact) mass is 408 g/mol. The number of carbonyl (C=O) groups is 4. The van der Waals surface area contributed by atoms with Crippen LogP contribution in [0.1, 0.15) is 13.8 Å². The molecule has 0 aromatic carbocycles. The summed E-state index contributed by atoms with van der Waals surface area (Å²) in [5, 5.41) is 10.4. The SMILES string of the molecule is C[C@H](NC(=O)CN)C(=O)NCCSSCCNC(=O)[C@H](C)NC(=O)CN. The minimum Gasteiger partial charge on any atom is -0.353 e. The third-order valence-corrected chi connectivity index (χ3v) is 5.37. The summed E-state index contributed by atoms with van der Waals surface area (Å²) in [7, 11) is 3.11. The minimum atomic E-state index is -0.624. The summed E-state index contributed by atoms with van der Waals surface area (Å²) in [4.78, 5) is 45.6. The highest BCUT2D eigenvalue weighted by Gasteiger charge is 2.14. The Labute approximate surface area is 161 Å². The number of hydrogen-bond donors (Lipinski definition) is 6. The molecule has 0 bridgehead atoms. The lowest BCUT2D eigenvalue weighted by Gasteiger charge is -2.14. The molecule has 0 saturated heterocycles. The Morgan fingerprint density at radius 2 is 1.12 bits per heavy atom. The second-order valence-corrected chi connectivity index (χ2v) is 7.91. The first-order chi connectivity index (χ1) is 12.3. The molecular formula is C14H28N6O4S2. The van der Waals surface area contributed by atoms with Crippen LogP contribution in [-0.2, 0) is 19.2 Å². The molecule has 0 fully saturated rings. The molecule has 0 rings (SSSR count). The molecule has 4 amide bonds. The molecule has 0 radical (unpaired) electrons. The smallest absolute Gasteiger partial charge is 0.242 e. The van der Waals surface area contributed by atoms with Crippen molar-refractivity contribution in [2.75, 3.05) is 37.7 Å². The standard InChI is InChI=1S/C14H28N6O4S2/c1-9(19-11(21)7-15)13(23)17-3-5-25-26-6-4-18-14(24)10(2)20-12(22)8-16/h9-10H,3-8,15-16H2,1-2H3,(H,17,23)(H,18,24)(H,19,21)(H,20,22)/t9-,10-/m0/s1. The summed E-state index contributed by atoms with van der Waals surface area (Å²) in [6, 6.07) is -1.25. The van der Waals surface area contributed by atoms with Gasteiger partial charge in [-0.1, -0.05) is 21.6 Å². The second kappa shape index (κ2) is 14.6. The first-order valence-electron chi connectivity index (χ1n) is 8.10. The van der Waals surface area contributed by atoms with Gasteiger partial charge in [-0.05, 0) is 13.8 Å². The number of carbonyl (C=O) groups excluding carboxylic acids is 4. The van der Waals surface area contributed by atoms with Gasteiger partial charge in [0.05, 0.1) is 13.1 Å². The van der Waals surface area contributed by atoms with E-state index in [2.05, 4.69) is 21.3 Å². The number of amides is 4. The van der Waals surface area contributed by atoms with Crippen molar-refractivity contribution in [3.8, 4) is 0 Å². The van der Waals surface area contributed by atoms with Crippen molar-refractivity contribution in [2.24, 2.45) is 11.5 Å². The van der Waals surface area contributed by atoms with Gasteiger partial charge in [-0.3, -0.25) is 19.2 Å². The summed E-state index contributed by atoms with van der Waals surface area (Å²) in [6.45, 7) is 3.80. The first-order valence-corrected chi connectivity index (χ1v) is 10.6. The fourth-order valence-corrected chi connectivity index (χ4v) is 3.40. The lowest BCUT2D eigenvalue weighted by molar-refractivity contribution is -0.127. The Morgan fingerprint density at radius 1 is 0.769 bits per heavy atom. The average Bonchev–Trinajstić information content (AvgIpc) is 2.62. The maximum atomic E-state index is 11.7. The van der Waals surface area contributed by atoms with Crippen LogP contribution >= 0.6 is 21.6 Å². The van der Waals surface area contributed by atoms with Crippen molar-refractivity contribution in [2.45, 2.75) is 25.9 Å². The molecule has 0 heterocycles. The van der Waals surface area contributed by atoms with E-state index in [-0.39, 0.29) is 36.7 Å². The van der Waals surface area contributed by atoms with E-state index < -0.39 is 12.1 Å². The molecule has 0 aliphatic heterocycles. The van der Waals surface area contributed by atoms with Crippen LogP contribution in [0.2, 0.25) is 0 Å². The molecule has 26 heavy (non-hydrogen) atoms. The fourth-order valence-electron chi connectivity index (χ4n) is 1.59. The Hall–Kier alpha value is -1.50. The van der Waals surface area contributed by atoms with Crippen molar-refractivity contribution in [3.63, 3.8) is 0 Å². The zero-order valence-electron chi connectivity index (χ0n) is 15.0. The molecule has 2 atom stereocenters. The number of rotatable bonds is 13. The largest absolute Gasteiger partial charge is 0.353 e. The maximum Gasteiger partial charge on any atom is 0.242 e. The molecule has 0 aliphatic carbocycles. The van der Waals surface area contributed by atoms with Gasteiger partial charge >= 0.3 is 0 Å². The van der Waals surface area contributed by atoms with Crippen molar-refractivity contribution < 1.29 is 19.2 Å². The summed E-state index contributed by atoms with van der Waals surface area (Å²) in [6.07, 6.45) is 0. The van der Waals surface area contributed by atoms with Crippen LogP contribution in [0.15, 0.2) is 0 Å². The van der Waals surface area contributed by atoms with Gasteiger partial charge in [-0.25, -0.2) is 0 Å². The van der Waals surface area contributed by atoms with E-state index in [1.807, 2.05) is 0 Å². The van der Waals surface area contributed by atoms with Gasteiger partial charge in [-0.2, -0.15) is 0 Å². The van der Waals surface area contributed by atoms with Gasteiger partial charge in [-0.15, -0.1) is 0 Å². The molecule has 150 valence electrons. The van der Waals surface area contributed by atoms with Crippen LogP contribution in [-0.4, -0.2) is 73.4 Å². The van der Waals surface area contributed by atoms with Crippen LogP contribution in [0.4, 0.5) is 0 Å². The Balaban J connectivity index is 3.64. The van der Waals surface area contributed by atoms with Crippen molar-refractivity contribution in [3.05, 3.63) is 0 Å². The molecular weight excluding hydrogens is 380 g/mol. The molecule has 0 spiro atoms. The minimum absolute atomic E-state index is 0.154. The number of hydrogen-bond acceptors (Lipinski definition) is 8. The highest BCUT2D eigenvalue weighted by Crippen LogP contribution is 2.19. The molecule has 8 N–H and O–H groups in total. The zero-order chi connectivity index (χ0) is 19.9. The van der Waals surface area contributed by atoms with E-state index >= 15 is 0 Å². The van der Waals surface area contributed by atoms with Crippen molar-refractivity contribution >= 4 is 45.2 Å². The normalized spacial score (nSPS) is 12.6. The summed E-state index contributed by atoms with van der Waals surface area (Å²) in [5.41, 5.74) is 10.3. The van der Waals surface area contributed by atoms with E-state index in [4.69, 9.17) is 11.5 Å². The summed E-state index contributed by atoms with van der Waals surface area (Å²) in [5.74, 6) is 0.0832. The molecule has 0 aromatic heterocycles. The van der Waals surface area contributed by atoms with Gasteiger partial charge < -0.3 is 32.7 Å². The molecule has 0 aliphatic rings. The first kappa shape index (κ1) is 24.5. The molecule has 12 heteroatoms. The van der Waals surface area contributed by atoms with Crippen LogP contribution in [0.25, 0.3) is 0 Å². The van der Waals surface area contributed by atoms with Gasteiger partial charge in [0.1, 0.15) is 12.1 Å². The lowest BCUT2D eigenvalue weighted by atomic mass is 10.3. The second-order valence-electron chi connectivity index (χ2n) is 5.21. The van der Waals surface area contributed by atoms with E-state index in [0.717, 1.165) is 0 Å². The van der Waals surface area contributed by atoms with Crippen LogP contribution < -0.4 is 32.7 Å². The van der Waals surface area contributed by atoms with Gasteiger partial charge in [0.2, 0.25) is 23.6 Å². The van der Waals surface area contributed by atoms with Crippen LogP contribution in [0, 0.1) is 0 Å². The van der Waals surface area contributed by atoms with E-state index in [0.29, 0.717) is 24.6 Å². The number of nitrogens with two attached hydrogens (primary N) is 2. The van der Waals surface area contributed by atoms with E-state index in [9.17, 15) is 19.2 Å². The van der Waals surface area contributed by atoms with Gasteiger partial charge in [0, 0.05) is 24.6 Å². The fraction of sp³-hybridized carbons (Fsp3) is 0.714. The van der Waals surface area contributed by atoms with Crippen LogP contribution in [0.5, 0.6) is 0 Å². The van der Waals surface area contributed by atoms with Gasteiger partial charge in [0.15, 0.2) is 0 Å². The van der Waals surface area contributed by atoms with Gasteiger partial charge in [0.25, 0.3) is 0 Å². The average molecular weight is 409 g/mol. The highest BCUT2D eigenvalue weighted by molar-refractivity contribution is 8.76.